The lowest BCUT2D eigenvalue weighted by Crippen LogP contribution is -2.40. The van der Waals surface area contributed by atoms with Crippen molar-refractivity contribution in [3.8, 4) is 0 Å². The van der Waals surface area contributed by atoms with Crippen LogP contribution in [0.2, 0.25) is 0 Å². The largest absolute Gasteiger partial charge is 0.368 e. The Morgan fingerprint density at radius 1 is 1.47 bits per heavy atom. The van der Waals surface area contributed by atoms with Gasteiger partial charge in [-0.1, -0.05) is 13.3 Å². The Bertz CT molecular complexity index is 204. The third kappa shape index (κ3) is 4.62. The molecule has 1 unspecified atom stereocenters. The summed E-state index contributed by atoms with van der Waals surface area (Å²) in [5.74, 6) is -0.388. The smallest absolute Gasteiger partial charge is 0.234 e. The zero-order valence-electron chi connectivity index (χ0n) is 9.61. The van der Waals surface area contributed by atoms with Crippen LogP contribution >= 0.6 is 0 Å². The Labute approximate surface area is 92.0 Å². The molecule has 1 rings (SSSR count). The zero-order valence-corrected chi connectivity index (χ0v) is 9.61. The molecule has 1 fully saturated rings. The number of amides is 1. The van der Waals surface area contributed by atoms with Crippen LogP contribution in [-0.2, 0) is 4.79 Å². The van der Waals surface area contributed by atoms with Crippen molar-refractivity contribution in [3.63, 3.8) is 0 Å². The van der Waals surface area contributed by atoms with Crippen molar-refractivity contribution in [2.45, 2.75) is 51.1 Å². The second kappa shape index (κ2) is 6.08. The molecule has 1 aliphatic carbocycles. The lowest BCUT2D eigenvalue weighted by Gasteiger charge is -2.22. The monoisotopic (exact) mass is 213 g/mol. The first-order valence-electron chi connectivity index (χ1n) is 5.94. The van der Waals surface area contributed by atoms with Crippen molar-refractivity contribution in [1.29, 1.82) is 0 Å². The van der Waals surface area contributed by atoms with Crippen molar-refractivity contribution in [2.75, 3.05) is 13.1 Å². The van der Waals surface area contributed by atoms with Gasteiger partial charge in [-0.15, -0.1) is 0 Å². The fraction of sp³-hybridized carbons (Fsp3) is 0.909. The molecule has 0 aromatic heterocycles. The molecular weight excluding hydrogens is 190 g/mol. The minimum Gasteiger partial charge on any atom is -0.368 e. The van der Waals surface area contributed by atoms with Crippen LogP contribution in [0.1, 0.15) is 39.0 Å². The number of hydrogen-bond donors (Lipinski definition) is 2. The van der Waals surface area contributed by atoms with E-state index in [-0.39, 0.29) is 5.91 Å². The molecule has 0 aromatic rings. The predicted octanol–water partition coefficient (Wildman–Crippen LogP) is 0.454. The molecule has 0 heterocycles. The molecule has 1 amide bonds. The van der Waals surface area contributed by atoms with E-state index in [4.69, 9.17) is 11.5 Å². The van der Waals surface area contributed by atoms with Crippen molar-refractivity contribution in [1.82, 2.24) is 4.90 Å². The van der Waals surface area contributed by atoms with E-state index >= 15 is 0 Å². The average molecular weight is 213 g/mol. The van der Waals surface area contributed by atoms with Crippen molar-refractivity contribution >= 4 is 5.91 Å². The van der Waals surface area contributed by atoms with Crippen LogP contribution in [0.5, 0.6) is 0 Å². The molecule has 0 saturated heterocycles. The molecule has 0 bridgehead atoms. The number of nitrogens with zero attached hydrogens (tertiary/aromatic N) is 1. The van der Waals surface area contributed by atoms with Gasteiger partial charge in [-0.2, -0.15) is 0 Å². The molecule has 0 radical (unpaired) electrons. The third-order valence-corrected chi connectivity index (χ3v) is 2.95. The van der Waals surface area contributed by atoms with E-state index in [1.54, 1.807) is 0 Å². The summed E-state index contributed by atoms with van der Waals surface area (Å²) in [5.41, 5.74) is 10.7. The molecule has 4 nitrogen and oxygen atoms in total. The highest BCUT2D eigenvalue weighted by molar-refractivity contribution is 5.79. The van der Waals surface area contributed by atoms with Crippen molar-refractivity contribution in [2.24, 2.45) is 11.5 Å². The fourth-order valence-electron chi connectivity index (χ4n) is 1.73. The molecule has 15 heavy (non-hydrogen) atoms. The summed E-state index contributed by atoms with van der Waals surface area (Å²) >= 11 is 0. The first kappa shape index (κ1) is 12.5. The number of carbonyl (C=O) groups is 1. The minimum atomic E-state index is -0.479. The number of carbonyl (C=O) groups excluding carboxylic acids is 1. The summed E-state index contributed by atoms with van der Waals surface area (Å²) in [6.45, 7) is 4.24. The standard InChI is InChI=1S/C11H23N3O/c1-2-3-7-14(9-4-5-9)8-6-10(12)11(13)15/h9-10H,2-8,12H2,1H3,(H2,13,15). The van der Waals surface area contributed by atoms with Crippen LogP contribution < -0.4 is 11.5 Å². The minimum absolute atomic E-state index is 0.388. The van der Waals surface area contributed by atoms with Gasteiger partial charge in [0.2, 0.25) is 5.91 Å². The van der Waals surface area contributed by atoms with E-state index in [9.17, 15) is 4.79 Å². The molecule has 1 saturated carbocycles. The number of hydrogen-bond acceptors (Lipinski definition) is 3. The van der Waals surface area contributed by atoms with Gasteiger partial charge in [-0.25, -0.2) is 0 Å². The van der Waals surface area contributed by atoms with Gasteiger partial charge < -0.3 is 16.4 Å². The van der Waals surface area contributed by atoms with Gasteiger partial charge in [0.1, 0.15) is 0 Å². The highest BCUT2D eigenvalue weighted by Gasteiger charge is 2.28. The molecule has 0 aromatic carbocycles. The van der Waals surface area contributed by atoms with Gasteiger partial charge in [-0.3, -0.25) is 4.79 Å². The van der Waals surface area contributed by atoms with Gasteiger partial charge >= 0.3 is 0 Å². The fourth-order valence-corrected chi connectivity index (χ4v) is 1.73. The Morgan fingerprint density at radius 3 is 2.60 bits per heavy atom. The zero-order chi connectivity index (χ0) is 11.3. The maximum atomic E-state index is 10.8. The molecular formula is C11H23N3O. The summed E-state index contributed by atoms with van der Waals surface area (Å²) < 4.78 is 0. The molecule has 4 heteroatoms. The van der Waals surface area contributed by atoms with Crippen LogP contribution in [0.4, 0.5) is 0 Å². The Hall–Kier alpha value is -0.610. The first-order valence-corrected chi connectivity index (χ1v) is 5.94. The Balaban J connectivity index is 2.22. The van der Waals surface area contributed by atoms with Crippen molar-refractivity contribution in [3.05, 3.63) is 0 Å². The second-order valence-electron chi connectivity index (χ2n) is 4.42. The van der Waals surface area contributed by atoms with E-state index in [0.717, 1.165) is 19.1 Å². The first-order chi connectivity index (χ1) is 7.15. The van der Waals surface area contributed by atoms with Gasteiger partial charge in [0.15, 0.2) is 0 Å². The number of rotatable bonds is 8. The van der Waals surface area contributed by atoms with Gasteiger partial charge in [0.05, 0.1) is 6.04 Å². The highest BCUT2D eigenvalue weighted by atomic mass is 16.1. The molecule has 1 atom stereocenters. The SMILES string of the molecule is CCCCN(CCC(N)C(N)=O)C1CC1. The lowest BCUT2D eigenvalue weighted by molar-refractivity contribution is -0.119. The van der Waals surface area contributed by atoms with E-state index in [1.807, 2.05) is 0 Å². The summed E-state index contributed by atoms with van der Waals surface area (Å²) in [6.07, 6.45) is 5.73. The van der Waals surface area contributed by atoms with Gasteiger partial charge in [0.25, 0.3) is 0 Å². The number of unbranched alkanes of at least 4 members (excludes halogenated alkanes) is 1. The normalized spacial score (nSPS) is 18.1. The Kier molecular flexibility index (Phi) is 5.05. The Morgan fingerprint density at radius 2 is 2.13 bits per heavy atom. The van der Waals surface area contributed by atoms with Gasteiger partial charge in [0, 0.05) is 12.6 Å². The molecule has 88 valence electrons. The average Bonchev–Trinajstić information content (AvgIpc) is 3.01. The predicted molar refractivity (Wildman–Crippen MR) is 61.3 cm³/mol. The second-order valence-corrected chi connectivity index (χ2v) is 4.42. The molecule has 4 N–H and O–H groups in total. The summed E-state index contributed by atoms with van der Waals surface area (Å²) in [5, 5.41) is 0. The van der Waals surface area contributed by atoms with E-state index in [2.05, 4.69) is 11.8 Å². The topological polar surface area (TPSA) is 72.3 Å². The van der Waals surface area contributed by atoms with E-state index in [0.29, 0.717) is 6.42 Å². The highest BCUT2D eigenvalue weighted by Crippen LogP contribution is 2.27. The van der Waals surface area contributed by atoms with Crippen LogP contribution in [-0.4, -0.2) is 36.0 Å². The van der Waals surface area contributed by atoms with Crippen LogP contribution in [0.15, 0.2) is 0 Å². The van der Waals surface area contributed by atoms with Crippen LogP contribution in [0.25, 0.3) is 0 Å². The lowest BCUT2D eigenvalue weighted by atomic mass is 10.2. The van der Waals surface area contributed by atoms with Crippen LogP contribution in [0, 0.1) is 0 Å². The van der Waals surface area contributed by atoms with E-state index < -0.39 is 6.04 Å². The summed E-state index contributed by atoms with van der Waals surface area (Å²) in [4.78, 5) is 13.2. The summed E-state index contributed by atoms with van der Waals surface area (Å²) in [6, 6.07) is 0.268. The number of nitrogens with two attached hydrogens (primary N) is 2. The molecule has 0 spiro atoms. The summed E-state index contributed by atoms with van der Waals surface area (Å²) in [7, 11) is 0. The maximum Gasteiger partial charge on any atom is 0.234 e. The van der Waals surface area contributed by atoms with Crippen molar-refractivity contribution < 1.29 is 4.79 Å². The maximum absolute atomic E-state index is 10.8. The third-order valence-electron chi connectivity index (χ3n) is 2.95. The van der Waals surface area contributed by atoms with E-state index in [1.165, 1.54) is 25.7 Å². The van der Waals surface area contributed by atoms with Crippen LogP contribution in [0.3, 0.4) is 0 Å². The molecule has 0 aliphatic heterocycles. The molecule has 1 aliphatic rings. The number of primary amides is 1. The quantitative estimate of drug-likeness (QED) is 0.615. The van der Waals surface area contributed by atoms with Gasteiger partial charge in [-0.05, 0) is 32.2 Å².